The van der Waals surface area contributed by atoms with Crippen molar-refractivity contribution in [1.82, 2.24) is 4.98 Å². The summed E-state index contributed by atoms with van der Waals surface area (Å²) in [6, 6.07) is 0.853. The van der Waals surface area contributed by atoms with E-state index in [1.165, 1.54) is 0 Å². The molecule has 0 aliphatic carbocycles. The van der Waals surface area contributed by atoms with Crippen LogP contribution in [-0.4, -0.2) is 40.3 Å². The van der Waals surface area contributed by atoms with Crippen molar-refractivity contribution in [2.24, 2.45) is 0 Å². The number of aromatic nitrogens is 1. The summed E-state index contributed by atoms with van der Waals surface area (Å²) < 4.78 is 38.6. The van der Waals surface area contributed by atoms with Crippen molar-refractivity contribution < 1.29 is 13.0 Å². The smallest absolute Gasteiger partial charge is 0.168 e. The fraction of sp³-hybridized carbons (Fsp3) is 0.583. The number of rotatable bonds is 4. The van der Waals surface area contributed by atoms with Gasteiger partial charge in [0.15, 0.2) is 23.3 Å². The van der Waals surface area contributed by atoms with Crippen molar-refractivity contribution in [3.05, 3.63) is 17.7 Å². The Labute approximate surface area is 113 Å². The van der Waals surface area contributed by atoms with E-state index in [2.05, 4.69) is 10.3 Å². The first-order chi connectivity index (χ1) is 9.11. The van der Waals surface area contributed by atoms with E-state index in [0.29, 0.717) is 31.1 Å². The first-order valence-corrected chi connectivity index (χ1v) is 7.80. The van der Waals surface area contributed by atoms with Crippen molar-refractivity contribution >= 4 is 22.4 Å². The Balaban J connectivity index is 2.21. The van der Waals surface area contributed by atoms with Crippen LogP contribution in [0.2, 0.25) is 0 Å². The zero-order chi connectivity index (χ0) is 13.8. The van der Waals surface area contributed by atoms with Gasteiger partial charge in [-0.05, 0) is 6.42 Å². The Hall–Kier alpha value is -1.24. The third kappa shape index (κ3) is 3.40. The second kappa shape index (κ2) is 6.27. The maximum absolute atomic E-state index is 13.8. The lowest BCUT2D eigenvalue weighted by Crippen LogP contribution is -2.38. The number of hydrogen-bond acceptors (Lipinski definition) is 4. The summed E-state index contributed by atoms with van der Waals surface area (Å²) in [7, 11) is -0.837. The maximum Gasteiger partial charge on any atom is 0.168 e. The molecule has 0 unspecified atom stereocenters. The molecule has 4 nitrogen and oxygen atoms in total. The Morgan fingerprint density at radius 3 is 2.68 bits per heavy atom. The highest BCUT2D eigenvalue weighted by atomic mass is 32.2. The molecule has 1 saturated heterocycles. The number of nitrogens with zero attached hydrogens (tertiary/aromatic N) is 2. The third-order valence-corrected chi connectivity index (χ3v) is 4.21. The van der Waals surface area contributed by atoms with Crippen LogP contribution in [0.1, 0.15) is 13.3 Å². The lowest BCUT2D eigenvalue weighted by atomic mass is 10.3. The molecule has 0 bridgehead atoms. The fourth-order valence-electron chi connectivity index (χ4n) is 1.90. The molecule has 0 saturated carbocycles. The molecule has 1 aromatic rings. The van der Waals surface area contributed by atoms with E-state index < -0.39 is 22.4 Å². The van der Waals surface area contributed by atoms with Gasteiger partial charge in [0, 0.05) is 48.0 Å². The quantitative estimate of drug-likeness (QED) is 0.917. The molecule has 0 amide bonds. The van der Waals surface area contributed by atoms with Crippen LogP contribution >= 0.6 is 0 Å². The Kier molecular flexibility index (Phi) is 4.68. The monoisotopic (exact) mass is 289 g/mol. The van der Waals surface area contributed by atoms with Crippen molar-refractivity contribution in [3.63, 3.8) is 0 Å². The molecule has 1 fully saturated rings. The van der Waals surface area contributed by atoms with Gasteiger partial charge in [0.1, 0.15) is 0 Å². The normalized spacial score (nSPS) is 16.7. The summed E-state index contributed by atoms with van der Waals surface area (Å²) in [5.41, 5.74) is 0. The van der Waals surface area contributed by atoms with Crippen molar-refractivity contribution in [2.75, 3.05) is 41.4 Å². The van der Waals surface area contributed by atoms with Gasteiger partial charge in [-0.25, -0.2) is 13.8 Å². The minimum Gasteiger partial charge on any atom is -0.368 e. The van der Waals surface area contributed by atoms with E-state index in [9.17, 15) is 13.0 Å². The second-order valence-electron chi connectivity index (χ2n) is 4.39. The molecule has 2 heterocycles. The van der Waals surface area contributed by atoms with E-state index in [1.807, 2.05) is 6.92 Å². The SMILES string of the molecule is CCCNc1nc(N2CCS(=O)CC2)c(F)cc1F. The van der Waals surface area contributed by atoms with Gasteiger partial charge < -0.3 is 10.2 Å². The number of halogens is 2. The number of anilines is 2. The van der Waals surface area contributed by atoms with Gasteiger partial charge in [-0.2, -0.15) is 0 Å². The second-order valence-corrected chi connectivity index (χ2v) is 6.08. The van der Waals surface area contributed by atoms with Gasteiger partial charge in [-0.15, -0.1) is 0 Å². The largest absolute Gasteiger partial charge is 0.368 e. The molecule has 0 radical (unpaired) electrons. The molecule has 1 aliphatic heterocycles. The third-order valence-electron chi connectivity index (χ3n) is 2.93. The predicted octanol–water partition coefficient (Wildman–Crippen LogP) is 1.75. The van der Waals surface area contributed by atoms with Crippen molar-refractivity contribution in [1.29, 1.82) is 0 Å². The Morgan fingerprint density at radius 2 is 2.05 bits per heavy atom. The number of hydrogen-bond donors (Lipinski definition) is 1. The number of nitrogens with one attached hydrogen (secondary N) is 1. The minimum absolute atomic E-state index is 0.0740. The van der Waals surface area contributed by atoms with Gasteiger partial charge in [0.25, 0.3) is 0 Å². The first kappa shape index (κ1) is 14.2. The van der Waals surface area contributed by atoms with Crippen LogP contribution < -0.4 is 10.2 Å². The summed E-state index contributed by atoms with van der Waals surface area (Å²) in [5, 5.41) is 2.84. The standard InChI is InChI=1S/C12H17F2N3OS/c1-2-3-15-11-9(13)8-10(14)12(16-11)17-4-6-19(18)7-5-17/h8H,2-7H2,1H3,(H,15,16). The van der Waals surface area contributed by atoms with Crippen molar-refractivity contribution in [2.45, 2.75) is 13.3 Å². The van der Waals surface area contributed by atoms with Crippen LogP contribution in [-0.2, 0) is 10.8 Å². The van der Waals surface area contributed by atoms with Crippen LogP contribution in [0.3, 0.4) is 0 Å². The highest BCUT2D eigenvalue weighted by Gasteiger charge is 2.21. The summed E-state index contributed by atoms with van der Waals surface area (Å²) >= 11 is 0. The number of pyridine rings is 1. The van der Waals surface area contributed by atoms with Gasteiger partial charge >= 0.3 is 0 Å². The topological polar surface area (TPSA) is 45.2 Å². The van der Waals surface area contributed by atoms with Crippen LogP contribution in [0.4, 0.5) is 20.4 Å². The lowest BCUT2D eigenvalue weighted by Gasteiger charge is -2.28. The highest BCUT2D eigenvalue weighted by molar-refractivity contribution is 7.85. The van der Waals surface area contributed by atoms with Crippen LogP contribution in [0.15, 0.2) is 6.07 Å². The molecule has 1 aliphatic rings. The molecule has 7 heteroatoms. The highest BCUT2D eigenvalue weighted by Crippen LogP contribution is 2.23. The van der Waals surface area contributed by atoms with E-state index in [1.54, 1.807) is 4.90 Å². The van der Waals surface area contributed by atoms with E-state index >= 15 is 0 Å². The van der Waals surface area contributed by atoms with E-state index in [4.69, 9.17) is 0 Å². The summed E-state index contributed by atoms with van der Waals surface area (Å²) in [4.78, 5) is 5.74. The van der Waals surface area contributed by atoms with Crippen LogP contribution in [0.25, 0.3) is 0 Å². The van der Waals surface area contributed by atoms with E-state index in [-0.39, 0.29) is 11.6 Å². The molecule has 106 valence electrons. The average Bonchev–Trinajstić information content (AvgIpc) is 2.39. The molecule has 2 rings (SSSR count). The lowest BCUT2D eigenvalue weighted by molar-refractivity contribution is 0.569. The summed E-state index contributed by atoms with van der Waals surface area (Å²) in [5.74, 6) is -0.156. The van der Waals surface area contributed by atoms with Gasteiger partial charge in [-0.1, -0.05) is 6.92 Å². The predicted molar refractivity (Wildman–Crippen MR) is 73.0 cm³/mol. The molecule has 0 aromatic carbocycles. The molecular weight excluding hydrogens is 272 g/mol. The maximum atomic E-state index is 13.8. The molecule has 1 aromatic heterocycles. The summed E-state index contributed by atoms with van der Waals surface area (Å²) in [6.45, 7) is 3.50. The first-order valence-electron chi connectivity index (χ1n) is 6.31. The van der Waals surface area contributed by atoms with E-state index in [0.717, 1.165) is 12.5 Å². The summed E-state index contributed by atoms with van der Waals surface area (Å²) in [6.07, 6.45) is 0.830. The molecule has 1 N–H and O–H groups in total. The van der Waals surface area contributed by atoms with Gasteiger partial charge in [-0.3, -0.25) is 4.21 Å². The zero-order valence-electron chi connectivity index (χ0n) is 10.8. The zero-order valence-corrected chi connectivity index (χ0v) is 11.6. The molecule has 0 atom stereocenters. The minimum atomic E-state index is -0.837. The van der Waals surface area contributed by atoms with Crippen molar-refractivity contribution in [3.8, 4) is 0 Å². The fourth-order valence-corrected chi connectivity index (χ4v) is 2.95. The average molecular weight is 289 g/mol. The molecule has 19 heavy (non-hydrogen) atoms. The molecular formula is C12H17F2N3OS. The Morgan fingerprint density at radius 1 is 1.37 bits per heavy atom. The van der Waals surface area contributed by atoms with Gasteiger partial charge in [0.05, 0.1) is 0 Å². The van der Waals surface area contributed by atoms with Crippen LogP contribution in [0, 0.1) is 11.6 Å². The van der Waals surface area contributed by atoms with Gasteiger partial charge in [0.2, 0.25) is 0 Å². The Bertz CT molecular complexity index is 474. The molecule has 0 spiro atoms. The van der Waals surface area contributed by atoms with Crippen LogP contribution in [0.5, 0.6) is 0 Å².